The molecule has 1 aliphatic rings. The number of carbonyl (C=O) groups excluding carboxylic acids is 1. The van der Waals surface area contributed by atoms with Crippen molar-refractivity contribution in [3.05, 3.63) is 0 Å². The van der Waals surface area contributed by atoms with Crippen molar-refractivity contribution >= 4 is 5.91 Å². The first-order valence-electron chi connectivity index (χ1n) is 8.48. The molecule has 20 heavy (non-hydrogen) atoms. The van der Waals surface area contributed by atoms with Gasteiger partial charge in [-0.15, -0.1) is 0 Å². The Bertz CT molecular complexity index is 174. The van der Waals surface area contributed by atoms with Crippen LogP contribution in [-0.4, -0.2) is 13.0 Å². The molecule has 1 N–H and O–H groups in total. The standard InChI is InChI=1S/C9H17NO2.C4H10.2C2H6/c1-7-3-5-8(6-4-7)9(11)10-12-2;1-3-4-2;2*1-2/h7-8H,3-6H2,1-2H3,(H,10,11);3-4H2,1-2H3;2*1-2H3. The van der Waals surface area contributed by atoms with E-state index < -0.39 is 0 Å². The van der Waals surface area contributed by atoms with E-state index >= 15 is 0 Å². The van der Waals surface area contributed by atoms with Crippen LogP contribution < -0.4 is 5.48 Å². The van der Waals surface area contributed by atoms with Crippen molar-refractivity contribution in [2.45, 2.75) is 87.0 Å². The number of rotatable bonds is 3. The molecule has 0 aliphatic heterocycles. The van der Waals surface area contributed by atoms with E-state index in [1.165, 1.54) is 32.8 Å². The first-order valence-corrected chi connectivity index (χ1v) is 8.48. The van der Waals surface area contributed by atoms with Gasteiger partial charge >= 0.3 is 0 Å². The van der Waals surface area contributed by atoms with Crippen molar-refractivity contribution in [2.24, 2.45) is 11.8 Å². The molecule has 124 valence electrons. The molecule has 3 nitrogen and oxygen atoms in total. The first-order chi connectivity index (χ1) is 9.65. The van der Waals surface area contributed by atoms with E-state index in [4.69, 9.17) is 0 Å². The van der Waals surface area contributed by atoms with Gasteiger partial charge in [-0.1, -0.05) is 61.3 Å². The Balaban J connectivity index is -0.000000306. The minimum absolute atomic E-state index is 0.0457. The Morgan fingerprint density at radius 3 is 1.70 bits per heavy atom. The molecule has 0 saturated heterocycles. The molecule has 0 aromatic rings. The van der Waals surface area contributed by atoms with Crippen LogP contribution >= 0.6 is 0 Å². The third kappa shape index (κ3) is 15.5. The van der Waals surface area contributed by atoms with Crippen LogP contribution in [-0.2, 0) is 9.63 Å². The Kier molecular flexibility index (Phi) is 25.4. The highest BCUT2D eigenvalue weighted by molar-refractivity contribution is 5.77. The van der Waals surface area contributed by atoms with E-state index in [0.29, 0.717) is 0 Å². The molecule has 1 fully saturated rings. The molecule has 1 amide bonds. The molecule has 0 aromatic carbocycles. The number of hydroxylamine groups is 1. The van der Waals surface area contributed by atoms with E-state index in [1.54, 1.807) is 0 Å². The zero-order chi connectivity index (χ0) is 16.4. The molecule has 0 spiro atoms. The lowest BCUT2D eigenvalue weighted by molar-refractivity contribution is -0.136. The number of carbonyl (C=O) groups is 1. The predicted octanol–water partition coefficient (Wildman–Crippen LogP) is 5.35. The molecule has 1 rings (SSSR count). The van der Waals surface area contributed by atoms with Gasteiger partial charge in [-0.25, -0.2) is 5.48 Å². The Hall–Kier alpha value is -0.570. The van der Waals surface area contributed by atoms with Crippen LogP contribution in [0.15, 0.2) is 0 Å². The quantitative estimate of drug-likeness (QED) is 0.711. The van der Waals surface area contributed by atoms with Crippen LogP contribution in [0.3, 0.4) is 0 Å². The predicted molar refractivity (Wildman–Crippen MR) is 89.6 cm³/mol. The third-order valence-electron chi connectivity index (χ3n) is 3.09. The van der Waals surface area contributed by atoms with Crippen molar-refractivity contribution in [2.75, 3.05) is 7.11 Å². The summed E-state index contributed by atoms with van der Waals surface area (Å²) in [5.74, 6) is 1.02. The number of amides is 1. The second kappa shape index (κ2) is 20.7. The summed E-state index contributed by atoms with van der Waals surface area (Å²) in [6.45, 7) is 14.6. The second-order valence-corrected chi connectivity index (χ2v) is 4.63. The molecule has 1 aliphatic carbocycles. The summed E-state index contributed by atoms with van der Waals surface area (Å²) in [6.07, 6.45) is 7.00. The van der Waals surface area contributed by atoms with Crippen LogP contribution in [0.4, 0.5) is 0 Å². The molecule has 0 bridgehead atoms. The fraction of sp³-hybridized carbons (Fsp3) is 0.941. The van der Waals surface area contributed by atoms with Crippen molar-refractivity contribution in [3.63, 3.8) is 0 Å². The van der Waals surface area contributed by atoms with Gasteiger partial charge in [-0.2, -0.15) is 0 Å². The van der Waals surface area contributed by atoms with Gasteiger partial charge in [-0.05, 0) is 31.6 Å². The van der Waals surface area contributed by atoms with E-state index in [9.17, 15) is 4.79 Å². The number of hydrogen-bond acceptors (Lipinski definition) is 2. The van der Waals surface area contributed by atoms with Gasteiger partial charge in [0, 0.05) is 5.92 Å². The SMILES string of the molecule is CC.CC.CCCC.CONC(=O)C1CCC(C)CC1. The van der Waals surface area contributed by atoms with Crippen molar-refractivity contribution in [1.29, 1.82) is 0 Å². The van der Waals surface area contributed by atoms with Crippen molar-refractivity contribution < 1.29 is 9.63 Å². The van der Waals surface area contributed by atoms with Crippen LogP contribution in [0.1, 0.15) is 87.0 Å². The second-order valence-electron chi connectivity index (χ2n) is 4.63. The number of unbranched alkanes of at least 4 members (excludes halogenated alkanes) is 1. The lowest BCUT2D eigenvalue weighted by Crippen LogP contribution is -2.32. The summed E-state index contributed by atoms with van der Waals surface area (Å²) in [4.78, 5) is 15.9. The maximum absolute atomic E-state index is 11.3. The molecular weight excluding hydrogens is 250 g/mol. The summed E-state index contributed by atoms with van der Waals surface area (Å²) in [7, 11) is 1.48. The summed E-state index contributed by atoms with van der Waals surface area (Å²) in [6, 6.07) is 0. The fourth-order valence-electron chi connectivity index (χ4n) is 1.71. The minimum Gasteiger partial charge on any atom is -0.277 e. The number of nitrogens with one attached hydrogen (secondary N) is 1. The molecule has 0 radical (unpaired) electrons. The monoisotopic (exact) mass is 289 g/mol. The van der Waals surface area contributed by atoms with Crippen LogP contribution in [0.2, 0.25) is 0 Å². The summed E-state index contributed by atoms with van der Waals surface area (Å²) in [5.41, 5.74) is 2.39. The third-order valence-corrected chi connectivity index (χ3v) is 3.09. The highest BCUT2D eigenvalue weighted by Crippen LogP contribution is 2.28. The van der Waals surface area contributed by atoms with Crippen LogP contribution in [0.5, 0.6) is 0 Å². The molecule has 0 heterocycles. The highest BCUT2D eigenvalue weighted by atomic mass is 16.6. The maximum Gasteiger partial charge on any atom is 0.246 e. The maximum atomic E-state index is 11.3. The van der Waals surface area contributed by atoms with Gasteiger partial charge < -0.3 is 0 Å². The molecule has 3 heteroatoms. The van der Waals surface area contributed by atoms with Crippen molar-refractivity contribution in [3.8, 4) is 0 Å². The summed E-state index contributed by atoms with van der Waals surface area (Å²) < 4.78 is 0. The normalized spacial score (nSPS) is 20.0. The summed E-state index contributed by atoms with van der Waals surface area (Å²) in [5, 5.41) is 0. The van der Waals surface area contributed by atoms with Gasteiger partial charge in [0.15, 0.2) is 0 Å². The summed E-state index contributed by atoms with van der Waals surface area (Å²) >= 11 is 0. The van der Waals surface area contributed by atoms with Gasteiger partial charge in [0.2, 0.25) is 5.91 Å². The topological polar surface area (TPSA) is 38.3 Å². The molecule has 0 atom stereocenters. The van der Waals surface area contributed by atoms with E-state index in [1.807, 2.05) is 27.7 Å². The van der Waals surface area contributed by atoms with Crippen LogP contribution in [0.25, 0.3) is 0 Å². The fourth-order valence-corrected chi connectivity index (χ4v) is 1.71. The molecular formula is C17H39NO2. The Morgan fingerprint density at radius 2 is 1.40 bits per heavy atom. The van der Waals surface area contributed by atoms with Gasteiger partial charge in [0.1, 0.15) is 0 Å². The number of hydrogen-bond donors (Lipinski definition) is 1. The average molecular weight is 290 g/mol. The molecule has 0 unspecified atom stereocenters. The van der Waals surface area contributed by atoms with E-state index in [-0.39, 0.29) is 11.8 Å². The largest absolute Gasteiger partial charge is 0.277 e. The average Bonchev–Trinajstić information content (AvgIpc) is 2.52. The van der Waals surface area contributed by atoms with Gasteiger partial charge in [0.05, 0.1) is 7.11 Å². The minimum atomic E-state index is 0.0457. The van der Waals surface area contributed by atoms with Crippen LogP contribution in [0, 0.1) is 11.8 Å². The molecule has 0 aromatic heterocycles. The van der Waals surface area contributed by atoms with Gasteiger partial charge in [0.25, 0.3) is 0 Å². The van der Waals surface area contributed by atoms with Crippen molar-refractivity contribution in [1.82, 2.24) is 5.48 Å². The zero-order valence-corrected chi connectivity index (χ0v) is 15.2. The Labute approximate surface area is 127 Å². The van der Waals surface area contributed by atoms with E-state index in [0.717, 1.165) is 18.8 Å². The Morgan fingerprint density at radius 1 is 1.00 bits per heavy atom. The molecule has 1 saturated carbocycles. The smallest absolute Gasteiger partial charge is 0.246 e. The lowest BCUT2D eigenvalue weighted by Gasteiger charge is -2.24. The van der Waals surface area contributed by atoms with Gasteiger partial charge in [-0.3, -0.25) is 9.63 Å². The lowest BCUT2D eigenvalue weighted by atomic mass is 9.83. The zero-order valence-electron chi connectivity index (χ0n) is 15.2. The highest BCUT2D eigenvalue weighted by Gasteiger charge is 2.23. The van der Waals surface area contributed by atoms with E-state index in [2.05, 4.69) is 31.1 Å². The first kappa shape index (κ1) is 24.4.